The van der Waals surface area contributed by atoms with Gasteiger partial charge in [-0.2, -0.15) is 0 Å². The van der Waals surface area contributed by atoms with Gasteiger partial charge in [-0.25, -0.2) is 0 Å². The Morgan fingerprint density at radius 3 is 2.03 bits per heavy atom. The molecule has 0 radical (unpaired) electrons. The minimum Gasteiger partial charge on any atom is -0.456 e. The van der Waals surface area contributed by atoms with Crippen molar-refractivity contribution < 1.29 is 8.83 Å². The first-order valence-corrected chi connectivity index (χ1v) is 13.0. The van der Waals surface area contributed by atoms with Crippen molar-refractivity contribution in [2.24, 2.45) is 0 Å². The highest BCUT2D eigenvalue weighted by Crippen LogP contribution is 2.38. The van der Waals surface area contributed by atoms with Gasteiger partial charge in [-0.3, -0.25) is 4.98 Å². The SMILES string of the molecule is c1ccc2c(c1)oc1ccc(-c3ccc4c(c3)c3ccccc3n4-c3ccc4oc5cnccc5c4c3)cc12. The average Bonchev–Trinajstić information content (AvgIpc) is 3.65. The molecule has 0 spiro atoms. The molecule has 0 amide bonds. The fourth-order valence-corrected chi connectivity index (χ4v) is 6.10. The molecule has 0 bridgehead atoms. The highest BCUT2D eigenvalue weighted by Gasteiger charge is 2.16. The predicted octanol–water partition coefficient (Wildman–Crippen LogP) is 9.64. The van der Waals surface area contributed by atoms with Crippen molar-refractivity contribution >= 4 is 65.7 Å². The summed E-state index contributed by atoms with van der Waals surface area (Å²) in [5.74, 6) is 0. The number of para-hydroxylation sites is 2. The van der Waals surface area contributed by atoms with Crippen molar-refractivity contribution in [2.45, 2.75) is 0 Å². The fourth-order valence-electron chi connectivity index (χ4n) is 6.10. The lowest BCUT2D eigenvalue weighted by Gasteiger charge is -2.09. The molecule has 4 aromatic heterocycles. The third-order valence-corrected chi connectivity index (χ3v) is 7.90. The van der Waals surface area contributed by atoms with Crippen molar-refractivity contribution in [3.05, 3.63) is 122 Å². The third kappa shape index (κ3) is 2.91. The maximum Gasteiger partial charge on any atom is 0.153 e. The lowest BCUT2D eigenvalue weighted by Crippen LogP contribution is -1.93. The summed E-state index contributed by atoms with van der Waals surface area (Å²) in [6.07, 6.45) is 3.59. The van der Waals surface area contributed by atoms with E-state index in [1.165, 1.54) is 32.9 Å². The molecule has 39 heavy (non-hydrogen) atoms. The van der Waals surface area contributed by atoms with Crippen LogP contribution in [0.15, 0.2) is 130 Å². The second-order valence-corrected chi connectivity index (χ2v) is 10.0. The van der Waals surface area contributed by atoms with E-state index in [9.17, 15) is 0 Å². The summed E-state index contributed by atoms with van der Waals surface area (Å²) in [5, 5.41) is 6.90. The Labute approximate surface area is 222 Å². The first-order valence-electron chi connectivity index (χ1n) is 13.0. The Hall–Kier alpha value is -5.35. The highest BCUT2D eigenvalue weighted by atomic mass is 16.3. The molecule has 5 aromatic carbocycles. The molecule has 4 heterocycles. The number of rotatable bonds is 2. The molecule has 0 fully saturated rings. The maximum atomic E-state index is 6.06. The van der Waals surface area contributed by atoms with Gasteiger partial charge < -0.3 is 13.4 Å². The number of furan rings is 2. The van der Waals surface area contributed by atoms with Crippen molar-refractivity contribution in [3.63, 3.8) is 0 Å². The van der Waals surface area contributed by atoms with Crippen LogP contribution in [0.25, 0.3) is 82.5 Å². The Kier molecular flexibility index (Phi) is 4.02. The number of hydrogen-bond donors (Lipinski definition) is 0. The molecule has 0 atom stereocenters. The number of fused-ring (bicyclic) bond motifs is 9. The second kappa shape index (κ2) is 7.59. The maximum absolute atomic E-state index is 6.06. The molecule has 0 unspecified atom stereocenters. The van der Waals surface area contributed by atoms with Crippen molar-refractivity contribution in [2.75, 3.05) is 0 Å². The molecular formula is C35H20N2O2. The minimum absolute atomic E-state index is 0.805. The topological polar surface area (TPSA) is 44.1 Å². The van der Waals surface area contributed by atoms with Crippen LogP contribution in [-0.4, -0.2) is 9.55 Å². The van der Waals surface area contributed by atoms with E-state index in [0.29, 0.717) is 0 Å². The summed E-state index contributed by atoms with van der Waals surface area (Å²) < 4.78 is 14.4. The standard InChI is InChI=1S/C35H20N2O2/c1-3-7-30-24(5-1)27-17-21(22-10-13-33-28(18-22)25-6-2-4-8-32(25)38-33)9-12-31(27)37(30)23-11-14-34-29(19-23)26-15-16-36-20-35(26)39-34/h1-20H. The number of nitrogens with zero attached hydrogens (tertiary/aromatic N) is 2. The lowest BCUT2D eigenvalue weighted by atomic mass is 10.0. The third-order valence-electron chi connectivity index (χ3n) is 7.90. The van der Waals surface area contributed by atoms with Gasteiger partial charge in [0.05, 0.1) is 17.2 Å². The van der Waals surface area contributed by atoms with Crippen LogP contribution in [0.3, 0.4) is 0 Å². The molecule has 4 nitrogen and oxygen atoms in total. The van der Waals surface area contributed by atoms with E-state index in [4.69, 9.17) is 8.83 Å². The van der Waals surface area contributed by atoms with Crippen molar-refractivity contribution in [1.29, 1.82) is 0 Å². The smallest absolute Gasteiger partial charge is 0.153 e. The zero-order chi connectivity index (χ0) is 25.5. The molecule has 0 aliphatic rings. The van der Waals surface area contributed by atoms with Crippen LogP contribution in [0.4, 0.5) is 0 Å². The van der Waals surface area contributed by atoms with Gasteiger partial charge in [-0.15, -0.1) is 0 Å². The molecule has 0 aliphatic carbocycles. The fraction of sp³-hybridized carbons (Fsp3) is 0. The van der Waals surface area contributed by atoms with Crippen molar-refractivity contribution in [3.8, 4) is 16.8 Å². The zero-order valence-corrected chi connectivity index (χ0v) is 20.8. The number of aromatic nitrogens is 2. The van der Waals surface area contributed by atoms with E-state index in [-0.39, 0.29) is 0 Å². The lowest BCUT2D eigenvalue weighted by molar-refractivity contribution is 0.667. The zero-order valence-electron chi connectivity index (χ0n) is 20.8. The van der Waals surface area contributed by atoms with Gasteiger partial charge >= 0.3 is 0 Å². The van der Waals surface area contributed by atoms with Crippen LogP contribution in [-0.2, 0) is 0 Å². The second-order valence-electron chi connectivity index (χ2n) is 10.0. The molecule has 182 valence electrons. The van der Waals surface area contributed by atoms with Crippen LogP contribution >= 0.6 is 0 Å². The van der Waals surface area contributed by atoms with E-state index in [0.717, 1.165) is 49.6 Å². The van der Waals surface area contributed by atoms with Gasteiger partial charge in [-0.05, 0) is 71.8 Å². The summed E-state index contributed by atoms with van der Waals surface area (Å²) in [6.45, 7) is 0. The molecule has 4 heteroatoms. The average molecular weight is 501 g/mol. The Balaban J connectivity index is 1.28. The highest BCUT2D eigenvalue weighted by molar-refractivity contribution is 6.12. The van der Waals surface area contributed by atoms with E-state index in [2.05, 4.69) is 101 Å². The van der Waals surface area contributed by atoms with Gasteiger partial charge in [0.25, 0.3) is 0 Å². The Morgan fingerprint density at radius 2 is 1.10 bits per heavy atom. The van der Waals surface area contributed by atoms with Gasteiger partial charge in [-0.1, -0.05) is 48.5 Å². The Morgan fingerprint density at radius 1 is 0.462 bits per heavy atom. The summed E-state index contributed by atoms with van der Waals surface area (Å²) in [6, 6.07) is 38.5. The minimum atomic E-state index is 0.805. The first-order chi connectivity index (χ1) is 19.3. The first kappa shape index (κ1) is 20.7. The largest absolute Gasteiger partial charge is 0.456 e. The van der Waals surface area contributed by atoms with Crippen LogP contribution in [0.1, 0.15) is 0 Å². The summed E-state index contributed by atoms with van der Waals surface area (Å²) in [7, 11) is 0. The summed E-state index contributed by atoms with van der Waals surface area (Å²) in [5.41, 5.74) is 9.31. The normalized spacial score (nSPS) is 12.1. The van der Waals surface area contributed by atoms with E-state index in [1.54, 1.807) is 6.20 Å². The van der Waals surface area contributed by atoms with Gasteiger partial charge in [0, 0.05) is 44.2 Å². The van der Waals surface area contributed by atoms with E-state index < -0.39 is 0 Å². The van der Waals surface area contributed by atoms with E-state index >= 15 is 0 Å². The van der Waals surface area contributed by atoms with Crippen LogP contribution in [0, 0.1) is 0 Å². The number of benzene rings is 5. The van der Waals surface area contributed by atoms with Gasteiger partial charge in [0.1, 0.15) is 16.7 Å². The number of hydrogen-bond acceptors (Lipinski definition) is 3. The molecule has 9 aromatic rings. The van der Waals surface area contributed by atoms with E-state index in [1.807, 2.05) is 24.4 Å². The molecule has 0 saturated carbocycles. The van der Waals surface area contributed by atoms with Gasteiger partial charge in [0.2, 0.25) is 0 Å². The quantitative estimate of drug-likeness (QED) is 0.237. The summed E-state index contributed by atoms with van der Waals surface area (Å²) in [4.78, 5) is 4.22. The molecule has 0 N–H and O–H groups in total. The molecule has 9 rings (SSSR count). The monoisotopic (exact) mass is 500 g/mol. The summed E-state index contributed by atoms with van der Waals surface area (Å²) >= 11 is 0. The van der Waals surface area contributed by atoms with Crippen molar-refractivity contribution in [1.82, 2.24) is 9.55 Å². The molecule has 0 aliphatic heterocycles. The number of pyridine rings is 1. The van der Waals surface area contributed by atoms with Crippen LogP contribution in [0.5, 0.6) is 0 Å². The Bertz CT molecular complexity index is 2400. The van der Waals surface area contributed by atoms with Crippen LogP contribution < -0.4 is 0 Å². The molecular weight excluding hydrogens is 480 g/mol. The van der Waals surface area contributed by atoms with Gasteiger partial charge in [0.15, 0.2) is 5.58 Å². The predicted molar refractivity (Wildman–Crippen MR) is 159 cm³/mol. The van der Waals surface area contributed by atoms with Crippen LogP contribution in [0.2, 0.25) is 0 Å². The molecule has 0 saturated heterocycles.